The van der Waals surface area contributed by atoms with E-state index in [1.807, 2.05) is 6.92 Å². The highest BCUT2D eigenvalue weighted by Crippen LogP contribution is 2.43. The Kier molecular flexibility index (Phi) is 4.82. The average molecular weight is 326 g/mol. The van der Waals surface area contributed by atoms with Crippen LogP contribution in [0.4, 0.5) is 0 Å². The monoisotopic (exact) mass is 325 g/mol. The molecular formula is C14H20BrN3O. The normalized spacial score (nSPS) is 24.1. The highest BCUT2D eigenvalue weighted by atomic mass is 79.9. The van der Waals surface area contributed by atoms with Gasteiger partial charge >= 0.3 is 0 Å². The lowest BCUT2D eigenvalue weighted by atomic mass is 10.1. The summed E-state index contributed by atoms with van der Waals surface area (Å²) in [5.74, 6) is 1.01. The summed E-state index contributed by atoms with van der Waals surface area (Å²) in [6.45, 7) is 2.64. The maximum absolute atomic E-state index is 5.89. The van der Waals surface area contributed by atoms with Crippen LogP contribution in [-0.4, -0.2) is 31.8 Å². The van der Waals surface area contributed by atoms with Crippen LogP contribution in [0.1, 0.15) is 24.8 Å². The maximum atomic E-state index is 5.89. The van der Waals surface area contributed by atoms with E-state index in [4.69, 9.17) is 10.5 Å². The predicted molar refractivity (Wildman–Crippen MR) is 81.4 cm³/mol. The largest absolute Gasteiger partial charge is 0.383 e. The molecule has 0 amide bonds. The first kappa shape index (κ1) is 14.3. The number of rotatable bonds is 5. The van der Waals surface area contributed by atoms with Crippen LogP contribution in [0.5, 0.6) is 0 Å². The van der Waals surface area contributed by atoms with E-state index in [9.17, 15) is 0 Å². The molecule has 1 saturated carbocycles. The van der Waals surface area contributed by atoms with Crippen molar-refractivity contribution < 1.29 is 4.74 Å². The van der Waals surface area contributed by atoms with Crippen LogP contribution in [0.15, 0.2) is 33.7 Å². The van der Waals surface area contributed by atoms with Crippen molar-refractivity contribution in [1.82, 2.24) is 5.32 Å². The first-order chi connectivity index (χ1) is 9.10. The van der Waals surface area contributed by atoms with Crippen molar-refractivity contribution in [2.24, 2.45) is 10.7 Å². The number of aliphatic imine (C=N–C) groups is 1. The summed E-state index contributed by atoms with van der Waals surface area (Å²) < 4.78 is 6.15. The van der Waals surface area contributed by atoms with Gasteiger partial charge in [-0.25, -0.2) is 4.99 Å². The molecule has 5 heteroatoms. The topological polar surface area (TPSA) is 59.6 Å². The zero-order chi connectivity index (χ0) is 13.8. The smallest absolute Gasteiger partial charge is 0.189 e. The first-order valence-electron chi connectivity index (χ1n) is 6.44. The summed E-state index contributed by atoms with van der Waals surface area (Å²) in [4.78, 5) is 4.51. The van der Waals surface area contributed by atoms with E-state index >= 15 is 0 Å². The third kappa shape index (κ3) is 4.21. The number of nitrogens with zero attached hydrogens (tertiary/aromatic N) is 1. The molecule has 0 aliphatic heterocycles. The fourth-order valence-electron chi connectivity index (χ4n) is 2.15. The number of nitrogens with one attached hydrogen (secondary N) is 1. The Morgan fingerprint density at radius 2 is 2.21 bits per heavy atom. The molecule has 4 nitrogen and oxygen atoms in total. The minimum absolute atomic E-state index is 0.179. The van der Waals surface area contributed by atoms with Crippen LogP contribution in [0.3, 0.4) is 0 Å². The molecular weight excluding hydrogens is 306 g/mol. The van der Waals surface area contributed by atoms with Gasteiger partial charge in [-0.3, -0.25) is 0 Å². The van der Waals surface area contributed by atoms with Crippen molar-refractivity contribution in [3.05, 3.63) is 34.3 Å². The van der Waals surface area contributed by atoms with Crippen LogP contribution >= 0.6 is 15.9 Å². The highest BCUT2D eigenvalue weighted by molar-refractivity contribution is 9.10. The Morgan fingerprint density at radius 1 is 1.53 bits per heavy atom. The van der Waals surface area contributed by atoms with Crippen LogP contribution in [0.25, 0.3) is 0 Å². The van der Waals surface area contributed by atoms with E-state index in [2.05, 4.69) is 50.5 Å². The van der Waals surface area contributed by atoms with Gasteiger partial charge in [-0.1, -0.05) is 28.1 Å². The number of methoxy groups -OCH3 is 1. The lowest BCUT2D eigenvalue weighted by molar-refractivity contribution is 0.179. The van der Waals surface area contributed by atoms with Gasteiger partial charge in [0.2, 0.25) is 0 Å². The van der Waals surface area contributed by atoms with Gasteiger partial charge < -0.3 is 15.8 Å². The van der Waals surface area contributed by atoms with Crippen molar-refractivity contribution in [3.63, 3.8) is 0 Å². The molecule has 1 fully saturated rings. The minimum atomic E-state index is 0.179. The molecule has 3 N–H and O–H groups in total. The van der Waals surface area contributed by atoms with Crippen molar-refractivity contribution in [2.45, 2.75) is 31.3 Å². The molecule has 104 valence electrons. The standard InChI is InChI=1S/C14H20BrN3O/c1-9(8-19-2)17-14(16)18-13-7-12(13)10-3-5-11(15)6-4-10/h3-6,9,12-13H,7-8H2,1-2H3,(H3,16,17,18). The minimum Gasteiger partial charge on any atom is -0.383 e. The van der Waals surface area contributed by atoms with E-state index in [0.29, 0.717) is 24.5 Å². The molecule has 1 aliphatic carbocycles. The second-order valence-electron chi connectivity index (χ2n) is 4.98. The average Bonchev–Trinajstić information content (AvgIpc) is 3.09. The lowest BCUT2D eigenvalue weighted by Crippen LogP contribution is -2.40. The number of benzene rings is 1. The molecule has 3 atom stereocenters. The predicted octanol–water partition coefficient (Wildman–Crippen LogP) is 2.24. The molecule has 2 rings (SSSR count). The van der Waals surface area contributed by atoms with Gasteiger partial charge in [0.1, 0.15) is 0 Å². The van der Waals surface area contributed by atoms with E-state index in [-0.39, 0.29) is 6.04 Å². The number of hydrogen-bond acceptors (Lipinski definition) is 2. The maximum Gasteiger partial charge on any atom is 0.189 e. The molecule has 0 saturated heterocycles. The molecule has 1 aliphatic rings. The van der Waals surface area contributed by atoms with Crippen LogP contribution < -0.4 is 11.1 Å². The van der Waals surface area contributed by atoms with E-state index in [0.717, 1.165) is 10.9 Å². The quantitative estimate of drug-likeness (QED) is 0.644. The molecule has 3 unspecified atom stereocenters. The Balaban J connectivity index is 1.87. The molecule has 0 aromatic heterocycles. The lowest BCUT2D eigenvalue weighted by Gasteiger charge is -2.13. The molecule has 19 heavy (non-hydrogen) atoms. The van der Waals surface area contributed by atoms with Gasteiger partial charge in [-0.2, -0.15) is 0 Å². The summed E-state index contributed by atoms with van der Waals surface area (Å²) >= 11 is 3.44. The summed E-state index contributed by atoms with van der Waals surface area (Å²) in [5.41, 5.74) is 7.21. The molecule has 0 heterocycles. The highest BCUT2D eigenvalue weighted by Gasteiger charge is 2.38. The van der Waals surface area contributed by atoms with Gasteiger partial charge in [0, 0.05) is 23.5 Å². The third-order valence-corrected chi connectivity index (χ3v) is 3.70. The Bertz CT molecular complexity index is 447. The number of ether oxygens (including phenoxy) is 1. The molecule has 0 radical (unpaired) electrons. The number of nitrogens with two attached hydrogens (primary N) is 1. The molecule has 1 aromatic carbocycles. The number of hydrogen-bond donors (Lipinski definition) is 2. The number of guanidine groups is 1. The second-order valence-corrected chi connectivity index (χ2v) is 5.89. The van der Waals surface area contributed by atoms with Gasteiger partial charge in [0.05, 0.1) is 12.6 Å². The van der Waals surface area contributed by atoms with Crippen molar-refractivity contribution >= 4 is 21.9 Å². The third-order valence-electron chi connectivity index (χ3n) is 3.17. The van der Waals surface area contributed by atoms with Crippen molar-refractivity contribution in [1.29, 1.82) is 0 Å². The van der Waals surface area contributed by atoms with Gasteiger partial charge in [-0.05, 0) is 31.0 Å². The Labute approximate surface area is 122 Å². The summed E-state index contributed by atoms with van der Waals surface area (Å²) in [6.07, 6.45) is 1.07. The second kappa shape index (κ2) is 6.39. The first-order valence-corrected chi connectivity index (χ1v) is 7.23. The van der Waals surface area contributed by atoms with Crippen LogP contribution in [-0.2, 0) is 4.74 Å². The zero-order valence-electron chi connectivity index (χ0n) is 11.3. The Hall–Kier alpha value is -1.07. The summed E-state index contributed by atoms with van der Waals surface area (Å²) in [5, 5.41) is 3.13. The number of halogens is 1. The molecule has 0 spiro atoms. The SMILES string of the molecule is COCC(C)NC(N)=NC1CC1c1ccc(Br)cc1. The summed E-state index contributed by atoms with van der Waals surface area (Å²) in [6, 6.07) is 8.90. The van der Waals surface area contributed by atoms with Crippen molar-refractivity contribution in [3.8, 4) is 0 Å². The molecule has 1 aromatic rings. The fraction of sp³-hybridized carbons (Fsp3) is 0.500. The zero-order valence-corrected chi connectivity index (χ0v) is 12.9. The van der Waals surface area contributed by atoms with E-state index in [1.165, 1.54) is 5.56 Å². The van der Waals surface area contributed by atoms with Crippen molar-refractivity contribution in [2.75, 3.05) is 13.7 Å². The molecule has 0 bridgehead atoms. The van der Waals surface area contributed by atoms with Gasteiger partial charge in [-0.15, -0.1) is 0 Å². The fourth-order valence-corrected chi connectivity index (χ4v) is 2.42. The Morgan fingerprint density at radius 3 is 2.84 bits per heavy atom. The van der Waals surface area contributed by atoms with Crippen LogP contribution in [0.2, 0.25) is 0 Å². The van der Waals surface area contributed by atoms with Gasteiger partial charge in [0.25, 0.3) is 0 Å². The van der Waals surface area contributed by atoms with Crippen LogP contribution in [0, 0.1) is 0 Å². The van der Waals surface area contributed by atoms with E-state index < -0.39 is 0 Å². The van der Waals surface area contributed by atoms with Gasteiger partial charge in [0.15, 0.2) is 5.96 Å². The summed E-state index contributed by atoms with van der Waals surface area (Å²) in [7, 11) is 1.68. The van der Waals surface area contributed by atoms with E-state index in [1.54, 1.807) is 7.11 Å².